The van der Waals surface area contributed by atoms with Crippen molar-refractivity contribution in [2.75, 3.05) is 0 Å². The van der Waals surface area contributed by atoms with E-state index < -0.39 is 0 Å². The molecule has 0 spiro atoms. The van der Waals surface area contributed by atoms with Crippen LogP contribution in [0, 0.1) is 6.92 Å². The number of nitrogens with zero attached hydrogens (tertiary/aromatic N) is 4. The van der Waals surface area contributed by atoms with Crippen LogP contribution in [-0.4, -0.2) is 20.4 Å². The second-order valence-electron chi connectivity index (χ2n) is 4.95. The highest BCUT2D eigenvalue weighted by atomic mass is 32.2. The van der Waals surface area contributed by atoms with E-state index in [9.17, 15) is 0 Å². The monoisotopic (exact) mass is 340 g/mol. The van der Waals surface area contributed by atoms with Crippen LogP contribution in [0.2, 0.25) is 0 Å². The standard InChI is InChI=1S/C16H12N4O3S/c1-10-5-2-3-6-11(10)14-18-20-16(23-14)24-9-13-17-19-15(22-13)12-7-4-8-21-12/h2-8H,9H2,1H3. The highest BCUT2D eigenvalue weighted by Gasteiger charge is 2.14. The summed E-state index contributed by atoms with van der Waals surface area (Å²) in [6.07, 6.45) is 1.56. The molecule has 0 bridgehead atoms. The van der Waals surface area contributed by atoms with Crippen LogP contribution in [0.3, 0.4) is 0 Å². The zero-order valence-corrected chi connectivity index (χ0v) is 13.5. The summed E-state index contributed by atoms with van der Waals surface area (Å²) >= 11 is 1.34. The molecular weight excluding hydrogens is 328 g/mol. The van der Waals surface area contributed by atoms with Gasteiger partial charge in [-0.15, -0.1) is 20.4 Å². The van der Waals surface area contributed by atoms with E-state index in [4.69, 9.17) is 13.3 Å². The van der Waals surface area contributed by atoms with Crippen LogP contribution < -0.4 is 0 Å². The van der Waals surface area contributed by atoms with Crippen molar-refractivity contribution in [3.63, 3.8) is 0 Å². The molecule has 0 amide bonds. The second-order valence-corrected chi connectivity index (χ2v) is 5.88. The van der Waals surface area contributed by atoms with Gasteiger partial charge < -0.3 is 13.3 Å². The van der Waals surface area contributed by atoms with Crippen molar-refractivity contribution in [1.29, 1.82) is 0 Å². The fraction of sp³-hybridized carbons (Fsp3) is 0.125. The molecular formula is C16H12N4O3S. The van der Waals surface area contributed by atoms with Gasteiger partial charge in [-0.2, -0.15) is 0 Å². The van der Waals surface area contributed by atoms with Gasteiger partial charge >= 0.3 is 0 Å². The minimum atomic E-state index is 0.349. The van der Waals surface area contributed by atoms with Gasteiger partial charge in [0.05, 0.1) is 12.0 Å². The predicted octanol–water partition coefficient (Wildman–Crippen LogP) is 3.98. The van der Waals surface area contributed by atoms with Gasteiger partial charge in [-0.3, -0.25) is 0 Å². The van der Waals surface area contributed by atoms with Gasteiger partial charge in [0.1, 0.15) is 0 Å². The van der Waals surface area contributed by atoms with E-state index in [2.05, 4.69) is 20.4 Å². The summed E-state index contributed by atoms with van der Waals surface area (Å²) in [6, 6.07) is 11.4. The summed E-state index contributed by atoms with van der Waals surface area (Å²) in [5.41, 5.74) is 2.01. The first-order chi connectivity index (χ1) is 11.8. The van der Waals surface area contributed by atoms with Gasteiger partial charge in [-0.05, 0) is 30.7 Å². The Labute approximate surface area is 141 Å². The molecule has 3 aromatic heterocycles. The molecule has 4 rings (SSSR count). The number of thioether (sulfide) groups is 1. The SMILES string of the molecule is Cc1ccccc1-c1nnc(SCc2nnc(-c3ccco3)o2)o1. The predicted molar refractivity (Wildman–Crippen MR) is 86.0 cm³/mol. The number of hydrogen-bond acceptors (Lipinski definition) is 8. The average Bonchev–Trinajstić information content (AvgIpc) is 3.34. The van der Waals surface area contributed by atoms with E-state index in [1.54, 1.807) is 18.4 Å². The molecule has 0 saturated carbocycles. The van der Waals surface area contributed by atoms with Crippen LogP contribution in [0.5, 0.6) is 0 Å². The van der Waals surface area contributed by atoms with Crippen molar-refractivity contribution in [3.05, 3.63) is 54.1 Å². The smallest absolute Gasteiger partial charge is 0.283 e. The zero-order valence-electron chi connectivity index (χ0n) is 12.7. The number of hydrogen-bond donors (Lipinski definition) is 0. The second kappa shape index (κ2) is 6.32. The van der Waals surface area contributed by atoms with E-state index in [-0.39, 0.29) is 0 Å². The number of aryl methyl sites for hydroxylation is 1. The lowest BCUT2D eigenvalue weighted by Crippen LogP contribution is -1.81. The molecule has 7 nitrogen and oxygen atoms in total. The summed E-state index contributed by atoms with van der Waals surface area (Å²) in [7, 11) is 0. The summed E-state index contributed by atoms with van der Waals surface area (Å²) < 4.78 is 16.4. The highest BCUT2D eigenvalue weighted by molar-refractivity contribution is 7.98. The van der Waals surface area contributed by atoms with E-state index >= 15 is 0 Å². The lowest BCUT2D eigenvalue weighted by Gasteiger charge is -1.98. The van der Waals surface area contributed by atoms with E-state index in [1.165, 1.54) is 11.8 Å². The van der Waals surface area contributed by atoms with Crippen LogP contribution in [0.4, 0.5) is 0 Å². The molecule has 0 saturated heterocycles. The van der Waals surface area contributed by atoms with E-state index in [0.29, 0.717) is 34.4 Å². The fourth-order valence-corrected chi connectivity index (χ4v) is 2.73. The lowest BCUT2D eigenvalue weighted by molar-refractivity contribution is 0.463. The topological polar surface area (TPSA) is 91.0 Å². The number of benzene rings is 1. The van der Waals surface area contributed by atoms with Crippen LogP contribution >= 0.6 is 11.8 Å². The Morgan fingerprint density at radius 1 is 0.917 bits per heavy atom. The van der Waals surface area contributed by atoms with E-state index in [0.717, 1.165) is 11.1 Å². The lowest BCUT2D eigenvalue weighted by atomic mass is 10.1. The Kier molecular flexibility index (Phi) is 3.87. The first-order valence-electron chi connectivity index (χ1n) is 7.18. The first kappa shape index (κ1) is 14.7. The molecule has 1 aromatic carbocycles. The van der Waals surface area contributed by atoms with Crippen molar-refractivity contribution in [3.8, 4) is 23.1 Å². The molecule has 0 aliphatic rings. The van der Waals surface area contributed by atoms with Crippen molar-refractivity contribution in [2.45, 2.75) is 17.9 Å². The van der Waals surface area contributed by atoms with Gasteiger partial charge in [-0.1, -0.05) is 30.0 Å². The van der Waals surface area contributed by atoms with Gasteiger partial charge in [-0.25, -0.2) is 0 Å². The minimum absolute atomic E-state index is 0.349. The van der Waals surface area contributed by atoms with Crippen molar-refractivity contribution < 1.29 is 13.3 Å². The zero-order chi connectivity index (χ0) is 16.4. The molecule has 0 aliphatic heterocycles. The molecule has 120 valence electrons. The van der Waals surface area contributed by atoms with Crippen LogP contribution in [0.15, 0.2) is 61.1 Å². The molecule has 0 aliphatic carbocycles. The van der Waals surface area contributed by atoms with Gasteiger partial charge in [0.25, 0.3) is 11.1 Å². The summed E-state index contributed by atoms with van der Waals surface area (Å²) in [5, 5.41) is 16.5. The normalized spacial score (nSPS) is 11.0. The van der Waals surface area contributed by atoms with Gasteiger partial charge in [0, 0.05) is 5.56 Å². The fourth-order valence-electron chi connectivity index (χ4n) is 2.13. The maximum atomic E-state index is 5.68. The van der Waals surface area contributed by atoms with Gasteiger partial charge in [0.2, 0.25) is 11.8 Å². The Balaban J connectivity index is 1.45. The largest absolute Gasteiger partial charge is 0.459 e. The van der Waals surface area contributed by atoms with E-state index in [1.807, 2.05) is 31.2 Å². The minimum Gasteiger partial charge on any atom is -0.459 e. The third kappa shape index (κ3) is 2.95. The third-order valence-corrected chi connectivity index (χ3v) is 4.10. The Morgan fingerprint density at radius 3 is 2.62 bits per heavy atom. The van der Waals surface area contributed by atoms with Crippen LogP contribution in [0.25, 0.3) is 23.1 Å². The summed E-state index contributed by atoms with van der Waals surface area (Å²) in [5.74, 6) is 2.28. The molecule has 24 heavy (non-hydrogen) atoms. The highest BCUT2D eigenvalue weighted by Crippen LogP contribution is 2.27. The Bertz CT molecular complexity index is 946. The molecule has 4 aromatic rings. The molecule has 0 unspecified atom stereocenters. The molecule has 0 atom stereocenters. The van der Waals surface area contributed by atoms with Crippen molar-refractivity contribution in [1.82, 2.24) is 20.4 Å². The maximum absolute atomic E-state index is 5.68. The molecule has 0 N–H and O–H groups in total. The first-order valence-corrected chi connectivity index (χ1v) is 8.17. The van der Waals surface area contributed by atoms with Crippen molar-refractivity contribution in [2.24, 2.45) is 0 Å². The number of furan rings is 1. The third-order valence-electron chi connectivity index (χ3n) is 3.30. The molecule has 8 heteroatoms. The average molecular weight is 340 g/mol. The number of aromatic nitrogens is 4. The number of rotatable bonds is 5. The Morgan fingerprint density at radius 2 is 1.79 bits per heavy atom. The summed E-state index contributed by atoms with van der Waals surface area (Å²) in [4.78, 5) is 0. The van der Waals surface area contributed by atoms with Crippen LogP contribution in [-0.2, 0) is 5.75 Å². The molecule has 0 radical (unpaired) electrons. The van der Waals surface area contributed by atoms with Crippen LogP contribution in [0.1, 0.15) is 11.5 Å². The Hall–Kier alpha value is -2.87. The van der Waals surface area contributed by atoms with Gasteiger partial charge in [0.15, 0.2) is 5.76 Å². The maximum Gasteiger partial charge on any atom is 0.283 e. The summed E-state index contributed by atoms with van der Waals surface area (Å²) in [6.45, 7) is 2.00. The molecule has 0 fully saturated rings. The van der Waals surface area contributed by atoms with Crippen molar-refractivity contribution >= 4 is 11.8 Å². The quantitative estimate of drug-likeness (QED) is 0.504. The molecule has 3 heterocycles.